The second-order valence-corrected chi connectivity index (χ2v) is 10.7. The summed E-state index contributed by atoms with van der Waals surface area (Å²) in [5.41, 5.74) is 4.17. The fourth-order valence-electron chi connectivity index (χ4n) is 6.20. The van der Waals surface area contributed by atoms with E-state index in [1.807, 2.05) is 38.1 Å². The number of alkyl carbamates (subject to hydrolysis) is 1. The van der Waals surface area contributed by atoms with Gasteiger partial charge in [-0.05, 0) is 35.1 Å². The van der Waals surface area contributed by atoms with Gasteiger partial charge in [-0.25, -0.2) is 9.59 Å². The first-order chi connectivity index (χ1) is 16.8. The van der Waals surface area contributed by atoms with E-state index in [0.29, 0.717) is 19.4 Å². The Hall–Kier alpha value is -3.35. The van der Waals surface area contributed by atoms with Gasteiger partial charge in [-0.1, -0.05) is 75.2 Å². The number of carbonyl (C=O) groups excluding carboxylic acids is 2. The molecule has 0 bridgehead atoms. The number of carbonyl (C=O) groups is 3. The molecule has 2 aromatic carbocycles. The number of carboxylic acids is 1. The Morgan fingerprint density at radius 1 is 1.00 bits per heavy atom. The Morgan fingerprint density at radius 2 is 1.60 bits per heavy atom. The third kappa shape index (κ3) is 4.17. The fraction of sp³-hybridized carbons (Fsp3) is 0.464. The second kappa shape index (κ2) is 9.02. The number of ether oxygens (including phenoxy) is 1. The maximum absolute atomic E-state index is 13.3. The van der Waals surface area contributed by atoms with Gasteiger partial charge in [0.2, 0.25) is 5.91 Å². The second-order valence-electron chi connectivity index (χ2n) is 10.7. The van der Waals surface area contributed by atoms with E-state index in [9.17, 15) is 19.5 Å². The average Bonchev–Trinajstić information content (AvgIpc) is 3.15. The van der Waals surface area contributed by atoms with E-state index >= 15 is 0 Å². The molecule has 5 rings (SSSR count). The van der Waals surface area contributed by atoms with Crippen LogP contribution >= 0.6 is 0 Å². The fourth-order valence-corrected chi connectivity index (χ4v) is 6.20. The molecule has 2 amide bonds. The van der Waals surface area contributed by atoms with Gasteiger partial charge in [0, 0.05) is 23.9 Å². The number of nitrogens with one attached hydrogen (secondary N) is 1. The van der Waals surface area contributed by atoms with E-state index in [4.69, 9.17) is 4.74 Å². The highest BCUT2D eigenvalue weighted by atomic mass is 16.5. The van der Waals surface area contributed by atoms with Gasteiger partial charge in [-0.3, -0.25) is 4.79 Å². The number of hydrogen-bond donors (Lipinski definition) is 2. The maximum atomic E-state index is 13.3. The van der Waals surface area contributed by atoms with Crippen LogP contribution in [0.1, 0.15) is 56.6 Å². The largest absolute Gasteiger partial charge is 0.480 e. The lowest BCUT2D eigenvalue weighted by Crippen LogP contribution is -2.69. The molecule has 3 aliphatic rings. The van der Waals surface area contributed by atoms with Crippen LogP contribution in [0.25, 0.3) is 11.1 Å². The zero-order valence-electron chi connectivity index (χ0n) is 20.2. The summed E-state index contributed by atoms with van der Waals surface area (Å²) in [6.45, 7) is 4.36. The first-order valence-corrected chi connectivity index (χ1v) is 12.4. The summed E-state index contributed by atoms with van der Waals surface area (Å²) < 4.78 is 5.69. The van der Waals surface area contributed by atoms with Crippen molar-refractivity contribution in [3.8, 4) is 11.1 Å². The molecule has 184 valence electrons. The molecule has 0 spiro atoms. The van der Waals surface area contributed by atoms with Crippen LogP contribution in [0.15, 0.2) is 48.5 Å². The van der Waals surface area contributed by atoms with Crippen LogP contribution in [-0.2, 0) is 14.3 Å². The smallest absolute Gasteiger partial charge is 0.407 e. The molecule has 2 aliphatic carbocycles. The van der Waals surface area contributed by atoms with Crippen molar-refractivity contribution in [3.05, 3.63) is 59.7 Å². The Balaban J connectivity index is 1.24. The minimum Gasteiger partial charge on any atom is -0.480 e. The first kappa shape index (κ1) is 23.4. The Morgan fingerprint density at radius 3 is 2.20 bits per heavy atom. The Bertz CT molecular complexity index is 1110. The molecule has 1 heterocycles. The topological polar surface area (TPSA) is 95.9 Å². The van der Waals surface area contributed by atoms with E-state index in [1.165, 1.54) is 16.0 Å². The number of rotatable bonds is 5. The number of hydrogen-bond acceptors (Lipinski definition) is 4. The number of fused-ring (bicyclic) bond motifs is 3. The normalized spacial score (nSPS) is 24.6. The summed E-state index contributed by atoms with van der Waals surface area (Å²) >= 11 is 0. The van der Waals surface area contributed by atoms with Gasteiger partial charge in [-0.2, -0.15) is 0 Å². The van der Waals surface area contributed by atoms with Gasteiger partial charge in [0.25, 0.3) is 0 Å². The summed E-state index contributed by atoms with van der Waals surface area (Å²) in [5.74, 6) is -1.62. The highest BCUT2D eigenvalue weighted by Gasteiger charge is 2.54. The van der Waals surface area contributed by atoms with Crippen molar-refractivity contribution in [1.82, 2.24) is 10.2 Å². The average molecular weight is 477 g/mol. The van der Waals surface area contributed by atoms with E-state index < -0.39 is 29.4 Å². The highest BCUT2D eigenvalue weighted by molar-refractivity contribution is 5.88. The lowest BCUT2D eigenvalue weighted by atomic mass is 9.73. The SMILES string of the molecule is CC1(C)CN(C(=O)C2CCCCC2NC(=O)OCC2c3ccccc3-c3ccccc32)C1C(=O)O. The zero-order chi connectivity index (χ0) is 24.7. The van der Waals surface area contributed by atoms with E-state index in [2.05, 4.69) is 29.6 Å². The molecule has 1 aliphatic heterocycles. The molecule has 3 atom stereocenters. The van der Waals surface area contributed by atoms with Crippen LogP contribution in [0, 0.1) is 11.3 Å². The predicted molar refractivity (Wildman–Crippen MR) is 131 cm³/mol. The third-order valence-corrected chi connectivity index (χ3v) is 7.88. The summed E-state index contributed by atoms with van der Waals surface area (Å²) in [6, 6.07) is 15.2. The summed E-state index contributed by atoms with van der Waals surface area (Å²) in [4.78, 5) is 39.3. The van der Waals surface area contributed by atoms with Crippen molar-refractivity contribution >= 4 is 18.0 Å². The van der Waals surface area contributed by atoms with Crippen LogP contribution < -0.4 is 5.32 Å². The molecule has 1 saturated carbocycles. The van der Waals surface area contributed by atoms with Gasteiger partial charge >= 0.3 is 12.1 Å². The van der Waals surface area contributed by atoms with Crippen LogP contribution in [-0.4, -0.2) is 53.2 Å². The summed E-state index contributed by atoms with van der Waals surface area (Å²) in [5, 5.41) is 12.6. The molecule has 3 unspecified atom stereocenters. The molecule has 7 nitrogen and oxygen atoms in total. The van der Waals surface area contributed by atoms with Gasteiger partial charge in [0.1, 0.15) is 12.6 Å². The molecule has 7 heteroatoms. The van der Waals surface area contributed by atoms with Crippen molar-refractivity contribution in [2.24, 2.45) is 11.3 Å². The molecular formula is C28H32N2O5. The Labute approximate surface area is 205 Å². The monoisotopic (exact) mass is 476 g/mol. The number of benzene rings is 2. The molecule has 0 radical (unpaired) electrons. The van der Waals surface area contributed by atoms with Gasteiger partial charge in [0.05, 0.1) is 5.92 Å². The van der Waals surface area contributed by atoms with Crippen LogP contribution in [0.3, 0.4) is 0 Å². The van der Waals surface area contributed by atoms with Crippen molar-refractivity contribution in [2.75, 3.05) is 13.2 Å². The standard InChI is InChI=1S/C28H32N2O5/c1-28(2)16-30(24(28)26(32)33)25(31)21-13-7-8-14-23(21)29-27(34)35-15-22-19-11-5-3-9-17(19)18-10-4-6-12-20(18)22/h3-6,9-12,21-24H,7-8,13-16H2,1-2H3,(H,29,34)(H,32,33). The number of aliphatic carboxylic acids is 1. The molecule has 0 aromatic heterocycles. The summed E-state index contributed by atoms with van der Waals surface area (Å²) in [7, 11) is 0. The molecule has 1 saturated heterocycles. The highest BCUT2D eigenvalue weighted by Crippen LogP contribution is 2.44. The predicted octanol–water partition coefficient (Wildman–Crippen LogP) is 4.41. The van der Waals surface area contributed by atoms with E-state index in [0.717, 1.165) is 24.0 Å². The third-order valence-electron chi connectivity index (χ3n) is 7.88. The number of amides is 2. The number of nitrogens with zero attached hydrogens (tertiary/aromatic N) is 1. The zero-order valence-corrected chi connectivity index (χ0v) is 20.2. The van der Waals surface area contributed by atoms with Gasteiger partial charge in [0.15, 0.2) is 0 Å². The Kier molecular flexibility index (Phi) is 6.03. The number of carboxylic acid groups (broad SMARTS) is 1. The van der Waals surface area contributed by atoms with Crippen molar-refractivity contribution < 1.29 is 24.2 Å². The molecule has 35 heavy (non-hydrogen) atoms. The van der Waals surface area contributed by atoms with E-state index in [-0.39, 0.29) is 24.5 Å². The first-order valence-electron chi connectivity index (χ1n) is 12.4. The number of likely N-dealkylation sites (tertiary alicyclic amines) is 1. The molecule has 2 aromatic rings. The summed E-state index contributed by atoms with van der Waals surface area (Å²) in [6.07, 6.45) is 2.57. The van der Waals surface area contributed by atoms with Gasteiger partial charge in [-0.15, -0.1) is 0 Å². The maximum Gasteiger partial charge on any atom is 0.407 e. The molecule has 2 N–H and O–H groups in total. The quantitative estimate of drug-likeness (QED) is 0.667. The van der Waals surface area contributed by atoms with E-state index in [1.54, 1.807) is 0 Å². The minimum absolute atomic E-state index is 0.0309. The lowest BCUT2D eigenvalue weighted by Gasteiger charge is -2.53. The van der Waals surface area contributed by atoms with Crippen molar-refractivity contribution in [2.45, 2.75) is 57.5 Å². The minimum atomic E-state index is -0.980. The lowest BCUT2D eigenvalue weighted by molar-refractivity contribution is -0.175. The molecular weight excluding hydrogens is 444 g/mol. The molecule has 2 fully saturated rings. The van der Waals surface area contributed by atoms with Crippen LogP contribution in [0.2, 0.25) is 0 Å². The van der Waals surface area contributed by atoms with Crippen molar-refractivity contribution in [3.63, 3.8) is 0 Å². The van der Waals surface area contributed by atoms with Crippen LogP contribution in [0.4, 0.5) is 4.79 Å². The van der Waals surface area contributed by atoms with Crippen molar-refractivity contribution in [1.29, 1.82) is 0 Å². The van der Waals surface area contributed by atoms with Crippen LogP contribution in [0.5, 0.6) is 0 Å². The van der Waals surface area contributed by atoms with Gasteiger partial charge < -0.3 is 20.1 Å².